The van der Waals surface area contributed by atoms with Crippen LogP contribution in [0.15, 0.2) is 32.7 Å². The van der Waals surface area contributed by atoms with Crippen LogP contribution in [-0.4, -0.2) is 47.7 Å². The van der Waals surface area contributed by atoms with Crippen LogP contribution >= 0.6 is 23.4 Å². The molecule has 2 heterocycles. The zero-order valence-corrected chi connectivity index (χ0v) is 18.7. The number of aromatic nitrogens is 2. The minimum Gasteiger partial charge on any atom is -0.416 e. The number of anilines is 1. The number of hydrogen-bond acceptors (Lipinski definition) is 7. The predicted molar refractivity (Wildman–Crippen MR) is 114 cm³/mol. The van der Waals surface area contributed by atoms with Gasteiger partial charge < -0.3 is 9.73 Å². The van der Waals surface area contributed by atoms with Crippen molar-refractivity contribution >= 4 is 45.0 Å². The average Bonchev–Trinajstić information content (AvgIpc) is 3.52. The smallest absolute Gasteiger partial charge is 0.277 e. The molecule has 1 aliphatic carbocycles. The van der Waals surface area contributed by atoms with Gasteiger partial charge in [0, 0.05) is 19.0 Å². The molecule has 1 aromatic heterocycles. The third kappa shape index (κ3) is 5.16. The van der Waals surface area contributed by atoms with E-state index in [9.17, 15) is 13.2 Å². The first-order chi connectivity index (χ1) is 14.4. The van der Waals surface area contributed by atoms with Crippen LogP contribution in [0, 0.1) is 0 Å². The fourth-order valence-corrected chi connectivity index (χ4v) is 5.56. The summed E-state index contributed by atoms with van der Waals surface area (Å²) in [5.74, 6) is 0.685. The summed E-state index contributed by atoms with van der Waals surface area (Å²) in [5, 5.41) is 11.2. The lowest BCUT2D eigenvalue weighted by Crippen LogP contribution is -2.32. The van der Waals surface area contributed by atoms with E-state index < -0.39 is 10.0 Å². The molecule has 2 fully saturated rings. The molecule has 0 atom stereocenters. The first kappa shape index (κ1) is 21.6. The van der Waals surface area contributed by atoms with Crippen molar-refractivity contribution in [2.45, 2.75) is 54.6 Å². The largest absolute Gasteiger partial charge is 0.416 e. The van der Waals surface area contributed by atoms with Gasteiger partial charge in [0.15, 0.2) is 0 Å². The van der Waals surface area contributed by atoms with Gasteiger partial charge in [-0.25, -0.2) is 8.42 Å². The molecule has 0 bridgehead atoms. The summed E-state index contributed by atoms with van der Waals surface area (Å²) in [6.07, 6.45) is 5.89. The van der Waals surface area contributed by atoms with E-state index >= 15 is 0 Å². The Labute approximate surface area is 184 Å². The Balaban J connectivity index is 1.41. The molecule has 30 heavy (non-hydrogen) atoms. The molecular formula is C19H23ClN4O4S2. The predicted octanol–water partition coefficient (Wildman–Crippen LogP) is 3.90. The summed E-state index contributed by atoms with van der Waals surface area (Å²) in [4.78, 5) is 12.5. The number of nitrogens with one attached hydrogen (secondary N) is 1. The number of amides is 1. The molecule has 1 aliphatic heterocycles. The van der Waals surface area contributed by atoms with E-state index in [1.807, 2.05) is 0 Å². The van der Waals surface area contributed by atoms with E-state index in [1.54, 1.807) is 0 Å². The number of carbonyl (C=O) groups is 1. The van der Waals surface area contributed by atoms with Crippen molar-refractivity contribution in [1.82, 2.24) is 14.5 Å². The van der Waals surface area contributed by atoms with E-state index in [1.165, 1.54) is 22.5 Å². The van der Waals surface area contributed by atoms with Crippen molar-refractivity contribution in [3.63, 3.8) is 0 Å². The van der Waals surface area contributed by atoms with Crippen molar-refractivity contribution in [3.8, 4) is 0 Å². The highest BCUT2D eigenvalue weighted by molar-refractivity contribution is 7.99. The molecule has 4 rings (SSSR count). The molecule has 1 amide bonds. The lowest BCUT2D eigenvalue weighted by Gasteiger charge is -2.20. The number of hydrogen-bond donors (Lipinski definition) is 1. The number of carbonyl (C=O) groups excluding carboxylic acids is 1. The standard InChI is InChI=1S/C19H23ClN4O4S2/c20-15-8-7-14(30(26,27)24-9-3-1-2-4-10-24)11-16(15)21-17(25)12-29-19-23-22-18(28-19)13-5-6-13/h7-8,11,13H,1-6,9-10,12H2,(H,21,25). The van der Waals surface area contributed by atoms with Crippen LogP contribution in [0.5, 0.6) is 0 Å². The third-order valence-electron chi connectivity index (χ3n) is 5.09. The Hall–Kier alpha value is -1.62. The highest BCUT2D eigenvalue weighted by Gasteiger charge is 2.29. The van der Waals surface area contributed by atoms with Crippen molar-refractivity contribution in [2.24, 2.45) is 0 Å². The van der Waals surface area contributed by atoms with Gasteiger partial charge in [0.05, 0.1) is 21.4 Å². The Morgan fingerprint density at radius 3 is 2.63 bits per heavy atom. The van der Waals surface area contributed by atoms with E-state index in [0.29, 0.717) is 30.1 Å². The molecule has 2 aromatic rings. The average molecular weight is 471 g/mol. The second-order valence-electron chi connectivity index (χ2n) is 7.48. The Morgan fingerprint density at radius 1 is 1.20 bits per heavy atom. The number of benzene rings is 1. The van der Waals surface area contributed by atoms with Crippen LogP contribution in [0.1, 0.15) is 50.3 Å². The molecule has 0 spiro atoms. The number of thioether (sulfide) groups is 1. The molecule has 1 saturated carbocycles. The maximum absolute atomic E-state index is 13.0. The molecule has 0 radical (unpaired) electrons. The second kappa shape index (κ2) is 9.25. The molecule has 1 aromatic carbocycles. The fraction of sp³-hybridized carbons (Fsp3) is 0.526. The lowest BCUT2D eigenvalue weighted by atomic mass is 10.2. The van der Waals surface area contributed by atoms with Gasteiger partial charge in [0.2, 0.25) is 21.8 Å². The van der Waals surface area contributed by atoms with Crippen LogP contribution in [-0.2, 0) is 14.8 Å². The Bertz CT molecular complexity index is 1020. The molecule has 1 saturated heterocycles. The van der Waals surface area contributed by atoms with Gasteiger partial charge in [-0.15, -0.1) is 10.2 Å². The maximum atomic E-state index is 13.0. The number of nitrogens with zero attached hydrogens (tertiary/aromatic N) is 3. The maximum Gasteiger partial charge on any atom is 0.277 e. The molecule has 8 nitrogen and oxygen atoms in total. The highest BCUT2D eigenvalue weighted by atomic mass is 35.5. The van der Waals surface area contributed by atoms with Crippen LogP contribution in [0.2, 0.25) is 5.02 Å². The van der Waals surface area contributed by atoms with Crippen LogP contribution < -0.4 is 5.32 Å². The molecule has 1 N–H and O–H groups in total. The molecular weight excluding hydrogens is 448 g/mol. The Kier molecular flexibility index (Phi) is 6.66. The summed E-state index contributed by atoms with van der Waals surface area (Å²) < 4.78 is 33.0. The van der Waals surface area contributed by atoms with Gasteiger partial charge in [-0.1, -0.05) is 36.2 Å². The van der Waals surface area contributed by atoms with E-state index in [-0.39, 0.29) is 27.3 Å². The van der Waals surface area contributed by atoms with Crippen LogP contribution in [0.4, 0.5) is 5.69 Å². The van der Waals surface area contributed by atoms with Crippen molar-refractivity contribution in [3.05, 3.63) is 29.1 Å². The third-order valence-corrected chi connectivity index (χ3v) is 8.13. The summed E-state index contributed by atoms with van der Waals surface area (Å²) in [6, 6.07) is 4.39. The summed E-state index contributed by atoms with van der Waals surface area (Å²) in [6.45, 7) is 1.02. The van der Waals surface area contributed by atoms with Gasteiger partial charge in [-0.3, -0.25) is 4.79 Å². The van der Waals surface area contributed by atoms with Gasteiger partial charge in [-0.05, 0) is 43.9 Å². The zero-order chi connectivity index (χ0) is 21.1. The zero-order valence-electron chi connectivity index (χ0n) is 16.3. The molecule has 162 valence electrons. The lowest BCUT2D eigenvalue weighted by molar-refractivity contribution is -0.113. The van der Waals surface area contributed by atoms with E-state index in [4.69, 9.17) is 16.0 Å². The highest BCUT2D eigenvalue weighted by Crippen LogP contribution is 2.39. The van der Waals surface area contributed by atoms with Crippen LogP contribution in [0.3, 0.4) is 0 Å². The van der Waals surface area contributed by atoms with Gasteiger partial charge in [0.25, 0.3) is 5.22 Å². The van der Waals surface area contributed by atoms with Crippen molar-refractivity contribution in [2.75, 3.05) is 24.2 Å². The SMILES string of the molecule is O=C(CSc1nnc(C2CC2)o1)Nc1cc(S(=O)(=O)N2CCCCCC2)ccc1Cl. The summed E-state index contributed by atoms with van der Waals surface area (Å²) >= 11 is 7.33. The van der Waals surface area contributed by atoms with Crippen molar-refractivity contribution in [1.29, 1.82) is 0 Å². The topological polar surface area (TPSA) is 105 Å². The first-order valence-corrected chi connectivity index (χ1v) is 12.8. The number of sulfonamides is 1. The number of halogens is 1. The summed E-state index contributed by atoms with van der Waals surface area (Å²) in [5.41, 5.74) is 0.266. The quantitative estimate of drug-likeness (QED) is 0.611. The molecule has 11 heteroatoms. The first-order valence-electron chi connectivity index (χ1n) is 9.99. The number of rotatable bonds is 7. The minimum atomic E-state index is -3.63. The Morgan fingerprint density at radius 2 is 1.93 bits per heavy atom. The molecule has 2 aliphatic rings. The fourth-order valence-electron chi connectivity index (χ4n) is 3.28. The summed E-state index contributed by atoms with van der Waals surface area (Å²) in [7, 11) is -3.63. The second-order valence-corrected chi connectivity index (χ2v) is 10.7. The molecule has 0 unspecified atom stereocenters. The van der Waals surface area contributed by atoms with Gasteiger partial charge in [-0.2, -0.15) is 4.31 Å². The normalized spacial score (nSPS) is 18.2. The van der Waals surface area contributed by atoms with Gasteiger partial charge in [0.1, 0.15) is 0 Å². The van der Waals surface area contributed by atoms with Gasteiger partial charge >= 0.3 is 0 Å². The van der Waals surface area contributed by atoms with Crippen LogP contribution in [0.25, 0.3) is 0 Å². The van der Waals surface area contributed by atoms with E-state index in [2.05, 4.69) is 15.5 Å². The van der Waals surface area contributed by atoms with Crippen molar-refractivity contribution < 1.29 is 17.6 Å². The minimum absolute atomic E-state index is 0.0474. The van der Waals surface area contributed by atoms with E-state index in [0.717, 1.165) is 50.3 Å². The monoisotopic (exact) mass is 470 g/mol.